The summed E-state index contributed by atoms with van der Waals surface area (Å²) >= 11 is 0. The fraction of sp³-hybridized carbons (Fsp3) is 0. The standard InChI is InChI=1S/C44H28O/c1-2-10-29(11-3-1)30-18-22-32(23-19-30)43-36-13-4-6-15-38(36)44(39-16-7-5-14-37(39)43)33-24-20-31(21-25-33)34-26-27-42-40(28-34)35-12-8-9-17-41(35)45-42/h1-28H/i8D,9D,12D,17D,20D,21D,24D,25D,26D,27D,28D. The topological polar surface area (TPSA) is 13.1 Å². The third kappa shape index (κ3) is 4.24. The first-order valence-electron chi connectivity index (χ1n) is 20.0. The molecular weight excluding hydrogens is 544 g/mol. The van der Waals surface area contributed by atoms with Crippen LogP contribution >= 0.6 is 0 Å². The number of benzene rings is 8. The van der Waals surface area contributed by atoms with Crippen LogP contribution in [0.5, 0.6) is 0 Å². The Balaban J connectivity index is 1.31. The van der Waals surface area contributed by atoms with Gasteiger partial charge in [0.1, 0.15) is 11.2 Å². The van der Waals surface area contributed by atoms with E-state index in [0.29, 0.717) is 16.3 Å². The van der Waals surface area contributed by atoms with Crippen molar-refractivity contribution in [3.63, 3.8) is 0 Å². The van der Waals surface area contributed by atoms with Gasteiger partial charge in [-0.1, -0.05) is 151 Å². The van der Waals surface area contributed by atoms with Gasteiger partial charge in [-0.25, -0.2) is 0 Å². The Bertz CT molecular complexity index is 3050. The van der Waals surface area contributed by atoms with Crippen molar-refractivity contribution in [2.45, 2.75) is 0 Å². The second kappa shape index (κ2) is 10.4. The summed E-state index contributed by atoms with van der Waals surface area (Å²) in [6, 6.07) is 28.1. The van der Waals surface area contributed by atoms with Crippen LogP contribution in [-0.4, -0.2) is 0 Å². The van der Waals surface area contributed by atoms with Crippen molar-refractivity contribution in [3.05, 3.63) is 170 Å². The van der Waals surface area contributed by atoms with Gasteiger partial charge in [0.25, 0.3) is 0 Å². The maximum absolute atomic E-state index is 9.43. The molecule has 1 heteroatoms. The van der Waals surface area contributed by atoms with Gasteiger partial charge < -0.3 is 4.42 Å². The summed E-state index contributed by atoms with van der Waals surface area (Å²) in [5.41, 5.74) is 3.28. The van der Waals surface area contributed by atoms with Gasteiger partial charge >= 0.3 is 0 Å². The molecule has 1 heterocycles. The first-order valence-corrected chi connectivity index (χ1v) is 14.5. The van der Waals surface area contributed by atoms with Crippen molar-refractivity contribution < 1.29 is 19.5 Å². The number of para-hydroxylation sites is 1. The molecule has 0 unspecified atom stereocenters. The minimum atomic E-state index is -0.594. The van der Waals surface area contributed by atoms with E-state index >= 15 is 0 Å². The molecule has 0 aliphatic rings. The average Bonchev–Trinajstić information content (AvgIpc) is 3.64. The zero-order chi connectivity index (χ0) is 39.3. The Morgan fingerprint density at radius 1 is 0.333 bits per heavy atom. The lowest BCUT2D eigenvalue weighted by molar-refractivity contribution is 0.669. The van der Waals surface area contributed by atoms with Crippen LogP contribution in [0.4, 0.5) is 0 Å². The van der Waals surface area contributed by atoms with E-state index in [1.807, 2.05) is 66.7 Å². The zero-order valence-electron chi connectivity index (χ0n) is 34.7. The highest BCUT2D eigenvalue weighted by Crippen LogP contribution is 2.44. The molecule has 0 N–H and O–H groups in total. The van der Waals surface area contributed by atoms with E-state index in [4.69, 9.17) is 12.6 Å². The van der Waals surface area contributed by atoms with Gasteiger partial charge in [0.2, 0.25) is 0 Å². The van der Waals surface area contributed by atoms with Gasteiger partial charge in [-0.2, -0.15) is 0 Å². The van der Waals surface area contributed by atoms with Crippen molar-refractivity contribution in [1.29, 1.82) is 0 Å². The molecular formula is C44H28O. The first-order chi connectivity index (χ1) is 26.9. The summed E-state index contributed by atoms with van der Waals surface area (Å²) in [4.78, 5) is 0. The van der Waals surface area contributed by atoms with Gasteiger partial charge in [-0.3, -0.25) is 0 Å². The van der Waals surface area contributed by atoms with E-state index in [1.165, 1.54) is 0 Å². The van der Waals surface area contributed by atoms with Crippen molar-refractivity contribution in [3.8, 4) is 44.5 Å². The SMILES string of the molecule is [2H]c1c([2H])c(-c2c3ccccc3c(-c3ccc(-c4ccccc4)cc3)c3ccccc23)c([2H])c([2H])c1-c1c([2H])c([2H])c2oc3c([2H])c([2H])c([2H])c([2H])c3c2c1[2H]. The Hall–Kier alpha value is -5.92. The van der Waals surface area contributed by atoms with Gasteiger partial charge in [0.05, 0.1) is 15.1 Å². The summed E-state index contributed by atoms with van der Waals surface area (Å²) in [5.74, 6) is 0. The molecule has 0 bridgehead atoms. The fourth-order valence-electron chi connectivity index (χ4n) is 6.16. The van der Waals surface area contributed by atoms with E-state index in [0.717, 1.165) is 33.0 Å². The lowest BCUT2D eigenvalue weighted by Crippen LogP contribution is -1.91. The molecule has 9 rings (SSSR count). The molecule has 0 radical (unpaired) electrons. The molecule has 0 atom stereocenters. The molecule has 0 saturated carbocycles. The molecule has 9 aromatic rings. The molecule has 8 aromatic carbocycles. The molecule has 0 amide bonds. The van der Waals surface area contributed by atoms with Crippen LogP contribution in [0, 0.1) is 0 Å². The molecule has 0 aliphatic heterocycles. The van der Waals surface area contributed by atoms with E-state index < -0.39 is 66.5 Å². The predicted octanol–water partition coefficient (Wildman–Crippen LogP) is 12.6. The second-order valence-electron chi connectivity index (χ2n) is 10.8. The van der Waals surface area contributed by atoms with Crippen LogP contribution in [0.25, 0.3) is 88.0 Å². The highest BCUT2D eigenvalue weighted by atomic mass is 16.3. The zero-order valence-corrected chi connectivity index (χ0v) is 23.7. The van der Waals surface area contributed by atoms with E-state index in [9.17, 15) is 6.85 Å². The summed E-state index contributed by atoms with van der Waals surface area (Å²) in [6.45, 7) is 0. The van der Waals surface area contributed by atoms with Crippen LogP contribution in [0.15, 0.2) is 174 Å². The number of rotatable bonds is 4. The Morgan fingerprint density at radius 2 is 0.822 bits per heavy atom. The van der Waals surface area contributed by atoms with Crippen LogP contribution in [0.1, 0.15) is 15.1 Å². The predicted molar refractivity (Wildman–Crippen MR) is 190 cm³/mol. The van der Waals surface area contributed by atoms with Crippen molar-refractivity contribution in [1.82, 2.24) is 0 Å². The minimum Gasteiger partial charge on any atom is -0.456 e. The molecule has 1 aromatic heterocycles. The highest BCUT2D eigenvalue weighted by molar-refractivity contribution is 6.21. The normalized spacial score (nSPS) is 15.0. The largest absolute Gasteiger partial charge is 0.456 e. The van der Waals surface area contributed by atoms with Gasteiger partial charge in [-0.05, 0) is 84.2 Å². The Morgan fingerprint density at radius 3 is 1.49 bits per heavy atom. The van der Waals surface area contributed by atoms with Crippen LogP contribution in [0.2, 0.25) is 0 Å². The van der Waals surface area contributed by atoms with E-state index in [-0.39, 0.29) is 38.6 Å². The third-order valence-corrected chi connectivity index (χ3v) is 8.22. The van der Waals surface area contributed by atoms with Crippen molar-refractivity contribution >= 4 is 43.5 Å². The van der Waals surface area contributed by atoms with Crippen molar-refractivity contribution in [2.75, 3.05) is 0 Å². The maximum Gasteiger partial charge on any atom is 0.135 e. The third-order valence-electron chi connectivity index (χ3n) is 8.22. The maximum atomic E-state index is 9.43. The van der Waals surface area contributed by atoms with Crippen LogP contribution in [0.3, 0.4) is 0 Å². The molecule has 0 spiro atoms. The highest BCUT2D eigenvalue weighted by Gasteiger charge is 2.17. The Labute approximate surface area is 277 Å². The van der Waals surface area contributed by atoms with E-state index in [1.54, 1.807) is 0 Å². The Kier molecular flexibility index (Phi) is 3.87. The number of hydrogen-bond donors (Lipinski definition) is 0. The fourth-order valence-corrected chi connectivity index (χ4v) is 6.16. The summed E-state index contributed by atoms with van der Waals surface area (Å²) in [5, 5.41) is 2.77. The summed E-state index contributed by atoms with van der Waals surface area (Å²) in [6.07, 6.45) is 0. The summed E-state index contributed by atoms with van der Waals surface area (Å²) in [7, 11) is 0. The number of fused-ring (bicyclic) bond motifs is 5. The molecule has 0 aliphatic carbocycles. The lowest BCUT2D eigenvalue weighted by Gasteiger charge is -2.18. The molecule has 0 fully saturated rings. The quantitative estimate of drug-likeness (QED) is 0.188. The monoisotopic (exact) mass is 583 g/mol. The molecule has 0 saturated heterocycles. The van der Waals surface area contributed by atoms with Crippen LogP contribution in [-0.2, 0) is 0 Å². The number of hydrogen-bond acceptors (Lipinski definition) is 1. The van der Waals surface area contributed by atoms with Crippen LogP contribution < -0.4 is 0 Å². The lowest BCUT2D eigenvalue weighted by atomic mass is 9.85. The molecule has 1 nitrogen and oxygen atoms in total. The minimum absolute atomic E-state index is 0.0373. The molecule has 45 heavy (non-hydrogen) atoms. The van der Waals surface area contributed by atoms with Gasteiger partial charge in [0, 0.05) is 10.8 Å². The second-order valence-corrected chi connectivity index (χ2v) is 10.8. The first kappa shape index (κ1) is 16.8. The van der Waals surface area contributed by atoms with Crippen molar-refractivity contribution in [2.24, 2.45) is 0 Å². The smallest absolute Gasteiger partial charge is 0.135 e. The summed E-state index contributed by atoms with van der Waals surface area (Å²) < 4.78 is 103. The number of furan rings is 1. The van der Waals surface area contributed by atoms with E-state index in [2.05, 4.69) is 36.4 Å². The molecule has 210 valence electrons. The van der Waals surface area contributed by atoms with Gasteiger partial charge in [-0.15, -0.1) is 0 Å². The average molecular weight is 584 g/mol. The van der Waals surface area contributed by atoms with Gasteiger partial charge in [0.15, 0.2) is 0 Å².